The van der Waals surface area contributed by atoms with Crippen LogP contribution < -0.4 is 0 Å². The molecule has 0 aromatic heterocycles. The highest BCUT2D eigenvalue weighted by atomic mass is 28.4. The van der Waals surface area contributed by atoms with Crippen LogP contribution in [0.15, 0.2) is 0 Å². The Balaban J connectivity index is 4.36. The second-order valence-electron chi connectivity index (χ2n) is 4.05. The zero-order chi connectivity index (χ0) is 9.94. The van der Waals surface area contributed by atoms with E-state index in [0.29, 0.717) is 16.2 Å². The highest BCUT2D eigenvalue weighted by molar-refractivity contribution is 6.72. The van der Waals surface area contributed by atoms with E-state index in [9.17, 15) is 5.21 Å². The van der Waals surface area contributed by atoms with Crippen molar-refractivity contribution < 1.29 is 9.43 Å². The summed E-state index contributed by atoms with van der Waals surface area (Å²) < 4.78 is 5.34. The first-order chi connectivity index (χ1) is 5.27. The van der Waals surface area contributed by atoms with E-state index in [0.717, 1.165) is 0 Å². The van der Waals surface area contributed by atoms with Crippen LogP contribution in [0.2, 0.25) is 18.6 Å². The minimum atomic E-state index is -1.81. The molecule has 0 saturated heterocycles. The molecule has 0 aromatic rings. The van der Waals surface area contributed by atoms with Gasteiger partial charge in [-0.15, -0.1) is 0 Å². The fourth-order valence-electron chi connectivity index (χ4n) is 0.410. The van der Waals surface area contributed by atoms with Crippen LogP contribution in [-0.2, 0) is 4.53 Å². The smallest absolute Gasteiger partial charge is 0.215 e. The van der Waals surface area contributed by atoms with E-state index in [1.807, 2.05) is 13.1 Å². The molecule has 0 amide bonds. The molecule has 0 atom stereocenters. The van der Waals surface area contributed by atoms with Gasteiger partial charge in [0.15, 0.2) is 8.32 Å². The summed E-state index contributed by atoms with van der Waals surface area (Å²) in [6.45, 7) is 11.8. The van der Waals surface area contributed by atoms with Crippen LogP contribution in [0.25, 0.3) is 0 Å². The van der Waals surface area contributed by atoms with E-state index >= 15 is 0 Å². The quantitative estimate of drug-likeness (QED) is 0.296. The zero-order valence-corrected chi connectivity index (χ0v) is 9.84. The Bertz CT molecular complexity index is 183. The molecular formula is C8H19NO2Si. The van der Waals surface area contributed by atoms with Crippen molar-refractivity contribution in [3.63, 3.8) is 0 Å². The summed E-state index contributed by atoms with van der Waals surface area (Å²) in [4.78, 5) is 0.645. The van der Waals surface area contributed by atoms with Crippen molar-refractivity contribution in [3.05, 3.63) is 5.21 Å². The Morgan fingerprint density at radius 2 is 1.75 bits per heavy atom. The number of hydrogen-bond donors (Lipinski definition) is 0. The Morgan fingerprint density at radius 3 is 2.00 bits per heavy atom. The molecular weight excluding hydrogens is 170 g/mol. The van der Waals surface area contributed by atoms with Gasteiger partial charge >= 0.3 is 0 Å². The zero-order valence-electron chi connectivity index (χ0n) is 8.84. The first-order valence-electron chi connectivity index (χ1n) is 4.24. The number of rotatable bonds is 3. The molecule has 0 radical (unpaired) electrons. The standard InChI is InChI=1S/C8H19NO2Si/c1-7(2)9(10)11-12(5,6)8(3)4/h8H,1-6H3. The van der Waals surface area contributed by atoms with Crippen molar-refractivity contribution in [2.24, 2.45) is 0 Å². The third kappa shape index (κ3) is 3.26. The highest BCUT2D eigenvalue weighted by Gasteiger charge is 2.26. The maximum atomic E-state index is 11.2. The Morgan fingerprint density at radius 1 is 1.33 bits per heavy atom. The van der Waals surface area contributed by atoms with E-state index in [2.05, 4.69) is 13.8 Å². The molecule has 72 valence electrons. The Labute approximate surface area is 75.7 Å². The molecule has 0 aliphatic rings. The van der Waals surface area contributed by atoms with Crippen molar-refractivity contribution in [1.29, 1.82) is 0 Å². The normalized spacial score (nSPS) is 11.6. The third-order valence-electron chi connectivity index (χ3n) is 2.07. The minimum Gasteiger partial charge on any atom is -0.443 e. The lowest BCUT2D eigenvalue weighted by Gasteiger charge is -2.29. The van der Waals surface area contributed by atoms with E-state index < -0.39 is 8.32 Å². The summed E-state index contributed by atoms with van der Waals surface area (Å²) in [7, 11) is -1.81. The van der Waals surface area contributed by atoms with Gasteiger partial charge in [-0.1, -0.05) is 26.9 Å². The Hall–Kier alpha value is -0.513. The molecule has 0 fully saturated rings. The summed E-state index contributed by atoms with van der Waals surface area (Å²) in [5.74, 6) is 0. The van der Waals surface area contributed by atoms with Gasteiger partial charge < -0.3 is 4.53 Å². The SMILES string of the molecule is CC(C)=[N+]([O-])O[Si](C)(C)C(C)C. The molecule has 0 bridgehead atoms. The van der Waals surface area contributed by atoms with Crippen LogP contribution in [0.5, 0.6) is 0 Å². The van der Waals surface area contributed by atoms with Crippen LogP contribution in [0.1, 0.15) is 27.7 Å². The summed E-state index contributed by atoms with van der Waals surface area (Å²) >= 11 is 0. The van der Waals surface area contributed by atoms with Crippen molar-refractivity contribution in [2.45, 2.75) is 46.3 Å². The fraction of sp³-hybridized carbons (Fsp3) is 0.875. The lowest BCUT2D eigenvalue weighted by atomic mass is 10.5. The molecule has 0 unspecified atom stereocenters. The van der Waals surface area contributed by atoms with Gasteiger partial charge in [-0.2, -0.15) is 0 Å². The molecule has 4 heteroatoms. The maximum Gasteiger partial charge on any atom is 0.215 e. The van der Waals surface area contributed by atoms with E-state index in [4.69, 9.17) is 4.53 Å². The van der Waals surface area contributed by atoms with Gasteiger partial charge in [0.05, 0.1) is 0 Å². The molecule has 0 spiro atoms. The molecule has 0 aromatic carbocycles. The van der Waals surface area contributed by atoms with Crippen LogP contribution in [-0.4, -0.2) is 18.9 Å². The Kier molecular flexibility index (Phi) is 3.77. The van der Waals surface area contributed by atoms with Crippen molar-refractivity contribution in [3.8, 4) is 0 Å². The largest absolute Gasteiger partial charge is 0.443 e. The van der Waals surface area contributed by atoms with E-state index in [1.54, 1.807) is 13.8 Å². The van der Waals surface area contributed by atoms with Gasteiger partial charge in [0, 0.05) is 18.7 Å². The molecule has 0 aliphatic heterocycles. The van der Waals surface area contributed by atoms with E-state index in [-0.39, 0.29) is 0 Å². The molecule has 3 nitrogen and oxygen atoms in total. The monoisotopic (exact) mass is 189 g/mol. The first kappa shape index (κ1) is 11.5. The highest BCUT2D eigenvalue weighted by Crippen LogP contribution is 2.21. The molecule has 0 saturated carbocycles. The molecule has 0 rings (SSSR count). The third-order valence-corrected chi connectivity index (χ3v) is 5.49. The maximum absolute atomic E-state index is 11.2. The summed E-state index contributed by atoms with van der Waals surface area (Å²) in [6, 6.07) is 0. The van der Waals surface area contributed by atoms with Gasteiger partial charge in [-0.25, -0.2) is 0 Å². The van der Waals surface area contributed by atoms with Crippen LogP contribution in [0.4, 0.5) is 0 Å². The first-order valence-corrected chi connectivity index (χ1v) is 7.22. The molecule has 0 heterocycles. The second kappa shape index (κ2) is 3.94. The van der Waals surface area contributed by atoms with Crippen molar-refractivity contribution in [2.75, 3.05) is 0 Å². The van der Waals surface area contributed by atoms with Crippen LogP contribution in [0, 0.1) is 5.21 Å². The molecule has 0 aliphatic carbocycles. The summed E-state index contributed by atoms with van der Waals surface area (Å²) in [6.07, 6.45) is 0. The van der Waals surface area contributed by atoms with E-state index in [1.165, 1.54) is 0 Å². The average molecular weight is 189 g/mol. The van der Waals surface area contributed by atoms with Gasteiger partial charge in [0.25, 0.3) is 0 Å². The predicted octanol–water partition coefficient (Wildman–Crippen LogP) is 2.52. The van der Waals surface area contributed by atoms with Gasteiger partial charge in [0.1, 0.15) is 0 Å². The lowest BCUT2D eigenvalue weighted by molar-refractivity contribution is -0.705. The van der Waals surface area contributed by atoms with Crippen molar-refractivity contribution in [1.82, 2.24) is 0 Å². The average Bonchev–Trinajstić information content (AvgIpc) is 1.85. The van der Waals surface area contributed by atoms with Crippen LogP contribution in [0.3, 0.4) is 0 Å². The topological polar surface area (TPSA) is 35.3 Å². The minimum absolute atomic E-state index is 0.452. The van der Waals surface area contributed by atoms with Crippen molar-refractivity contribution >= 4 is 14.0 Å². The van der Waals surface area contributed by atoms with Crippen LogP contribution >= 0.6 is 0 Å². The number of nitrogens with zero attached hydrogens (tertiary/aromatic N) is 1. The molecule has 12 heavy (non-hydrogen) atoms. The molecule has 0 N–H and O–H groups in total. The summed E-state index contributed by atoms with van der Waals surface area (Å²) in [5.41, 5.74) is 1.10. The van der Waals surface area contributed by atoms with Gasteiger partial charge in [0.2, 0.25) is 5.71 Å². The van der Waals surface area contributed by atoms with Gasteiger partial charge in [-0.3, -0.25) is 5.21 Å². The fourth-order valence-corrected chi connectivity index (χ4v) is 1.23. The summed E-state index contributed by atoms with van der Waals surface area (Å²) in [5, 5.41) is 11.2. The predicted molar refractivity (Wildman–Crippen MR) is 53.6 cm³/mol. The van der Waals surface area contributed by atoms with Gasteiger partial charge in [-0.05, 0) is 5.54 Å². The lowest BCUT2D eigenvalue weighted by Crippen LogP contribution is -2.37. The number of hydrogen-bond acceptors (Lipinski definition) is 2. The second-order valence-corrected chi connectivity index (χ2v) is 8.60.